The fourth-order valence-corrected chi connectivity index (χ4v) is 3.22. The number of carboxylic acid groups (broad SMARTS) is 1. The molecule has 0 unspecified atom stereocenters. The summed E-state index contributed by atoms with van der Waals surface area (Å²) in [6.45, 7) is 0.365. The molecule has 7 heteroatoms. The summed E-state index contributed by atoms with van der Waals surface area (Å²) in [4.78, 5) is 10.9. The molecule has 2 rings (SSSR count). The highest BCUT2D eigenvalue weighted by molar-refractivity contribution is 7.89. The van der Waals surface area contributed by atoms with Crippen molar-refractivity contribution in [3.05, 3.63) is 28.8 Å². The molecule has 0 atom stereocenters. The highest BCUT2D eigenvalue weighted by atomic mass is 35.5. The summed E-state index contributed by atoms with van der Waals surface area (Å²) >= 11 is 5.71. The molecule has 1 fully saturated rings. The molecule has 1 saturated carbocycles. The maximum Gasteiger partial charge on any atom is 0.337 e. The minimum Gasteiger partial charge on any atom is -0.478 e. The van der Waals surface area contributed by atoms with Crippen molar-refractivity contribution >= 4 is 27.6 Å². The molecule has 5 nitrogen and oxygen atoms in total. The quantitative estimate of drug-likeness (QED) is 0.757. The maximum absolute atomic E-state index is 12.0. The molecule has 0 bridgehead atoms. The van der Waals surface area contributed by atoms with Crippen molar-refractivity contribution in [3.8, 4) is 0 Å². The Balaban J connectivity index is 2.03. The zero-order chi connectivity index (χ0) is 14.8. The van der Waals surface area contributed by atoms with Crippen molar-refractivity contribution in [2.45, 2.75) is 30.6 Å². The van der Waals surface area contributed by atoms with E-state index in [-0.39, 0.29) is 15.5 Å². The molecule has 0 aliphatic heterocycles. The van der Waals surface area contributed by atoms with Crippen LogP contribution in [0.4, 0.5) is 0 Å². The van der Waals surface area contributed by atoms with Crippen LogP contribution in [-0.4, -0.2) is 26.0 Å². The van der Waals surface area contributed by atoms with Gasteiger partial charge in [-0.15, -0.1) is 0 Å². The van der Waals surface area contributed by atoms with E-state index in [1.54, 1.807) is 0 Å². The Hall–Kier alpha value is -1.11. The van der Waals surface area contributed by atoms with Crippen LogP contribution in [0.1, 0.15) is 36.0 Å². The fraction of sp³-hybridized carbons (Fsp3) is 0.462. The molecular formula is C13H16ClNO4S. The highest BCUT2D eigenvalue weighted by Gasteiger charge is 2.21. The molecule has 0 saturated heterocycles. The summed E-state index contributed by atoms with van der Waals surface area (Å²) in [5.41, 5.74) is -0.215. The van der Waals surface area contributed by atoms with Gasteiger partial charge in [0, 0.05) is 6.54 Å². The molecule has 0 heterocycles. The van der Waals surface area contributed by atoms with Gasteiger partial charge in [-0.1, -0.05) is 24.4 Å². The number of halogens is 1. The average molecular weight is 318 g/mol. The minimum absolute atomic E-state index is 0.0187. The summed E-state index contributed by atoms with van der Waals surface area (Å²) in [6, 6.07) is 3.66. The van der Waals surface area contributed by atoms with Crippen LogP contribution in [-0.2, 0) is 10.0 Å². The van der Waals surface area contributed by atoms with Crippen molar-refractivity contribution in [1.82, 2.24) is 4.72 Å². The third-order valence-corrected chi connectivity index (χ3v) is 5.04. The number of carboxylic acids is 1. The predicted octanol–water partition coefficient (Wildman–Crippen LogP) is 2.51. The van der Waals surface area contributed by atoms with Gasteiger partial charge in [0.2, 0.25) is 10.0 Å². The SMILES string of the molecule is O=C(O)c1cc(S(=O)(=O)NCCCC2CC2)ccc1Cl. The zero-order valence-electron chi connectivity index (χ0n) is 10.8. The van der Waals surface area contributed by atoms with Crippen LogP contribution in [0.5, 0.6) is 0 Å². The lowest BCUT2D eigenvalue weighted by Gasteiger charge is -2.08. The molecule has 1 aliphatic carbocycles. The largest absolute Gasteiger partial charge is 0.478 e. The molecule has 1 aliphatic rings. The van der Waals surface area contributed by atoms with Crippen LogP contribution in [0, 0.1) is 5.92 Å². The molecule has 20 heavy (non-hydrogen) atoms. The molecule has 0 aromatic heterocycles. The number of carbonyl (C=O) groups is 1. The van der Waals surface area contributed by atoms with Gasteiger partial charge in [0.05, 0.1) is 15.5 Å². The predicted molar refractivity (Wildman–Crippen MR) is 75.6 cm³/mol. The fourth-order valence-electron chi connectivity index (χ4n) is 1.92. The van der Waals surface area contributed by atoms with Crippen molar-refractivity contribution < 1.29 is 18.3 Å². The van der Waals surface area contributed by atoms with Crippen LogP contribution in [0.3, 0.4) is 0 Å². The first-order valence-corrected chi connectivity index (χ1v) is 8.29. The topological polar surface area (TPSA) is 83.5 Å². The second-order valence-electron chi connectivity index (χ2n) is 4.93. The van der Waals surface area contributed by atoms with Crippen LogP contribution in [0.25, 0.3) is 0 Å². The van der Waals surface area contributed by atoms with E-state index in [9.17, 15) is 13.2 Å². The number of benzene rings is 1. The third kappa shape index (κ3) is 3.94. The van der Waals surface area contributed by atoms with Gasteiger partial charge in [-0.2, -0.15) is 0 Å². The van der Waals surface area contributed by atoms with E-state index in [1.165, 1.54) is 25.0 Å². The van der Waals surface area contributed by atoms with Crippen LogP contribution < -0.4 is 4.72 Å². The maximum atomic E-state index is 12.0. The second kappa shape index (κ2) is 6.11. The van der Waals surface area contributed by atoms with Gasteiger partial charge in [-0.3, -0.25) is 0 Å². The molecule has 0 spiro atoms. The Morgan fingerprint density at radius 2 is 2.10 bits per heavy atom. The zero-order valence-corrected chi connectivity index (χ0v) is 12.4. The first-order chi connectivity index (χ1) is 9.40. The second-order valence-corrected chi connectivity index (χ2v) is 7.10. The van der Waals surface area contributed by atoms with Gasteiger partial charge in [-0.25, -0.2) is 17.9 Å². The Kier molecular flexibility index (Phi) is 4.67. The summed E-state index contributed by atoms with van der Waals surface area (Å²) < 4.78 is 26.5. The van der Waals surface area contributed by atoms with E-state index in [2.05, 4.69) is 4.72 Å². The van der Waals surface area contributed by atoms with E-state index < -0.39 is 16.0 Å². The Bertz CT molecular complexity index is 611. The molecule has 1 aromatic carbocycles. The van der Waals surface area contributed by atoms with Gasteiger partial charge in [0.1, 0.15) is 0 Å². The van der Waals surface area contributed by atoms with Gasteiger partial charge in [0.25, 0.3) is 0 Å². The molecular weight excluding hydrogens is 302 g/mol. The van der Waals surface area contributed by atoms with Crippen LogP contribution >= 0.6 is 11.6 Å². The Labute approximate surface area is 123 Å². The summed E-state index contributed by atoms with van der Waals surface area (Å²) in [5.74, 6) is -0.491. The number of hydrogen-bond donors (Lipinski definition) is 2. The summed E-state index contributed by atoms with van der Waals surface area (Å²) in [6.07, 6.45) is 4.31. The lowest BCUT2D eigenvalue weighted by atomic mass is 10.2. The molecule has 110 valence electrons. The number of hydrogen-bond acceptors (Lipinski definition) is 3. The van der Waals surface area contributed by atoms with Crippen molar-refractivity contribution in [1.29, 1.82) is 0 Å². The third-order valence-electron chi connectivity index (χ3n) is 3.26. The molecule has 2 N–H and O–H groups in total. The van der Waals surface area contributed by atoms with Crippen LogP contribution in [0.2, 0.25) is 5.02 Å². The first-order valence-electron chi connectivity index (χ1n) is 6.42. The van der Waals surface area contributed by atoms with E-state index in [4.69, 9.17) is 16.7 Å². The minimum atomic E-state index is -3.68. The van der Waals surface area contributed by atoms with Crippen molar-refractivity contribution in [2.24, 2.45) is 5.92 Å². The standard InChI is InChI=1S/C13H16ClNO4S/c14-12-6-5-10(8-11(12)13(16)17)20(18,19)15-7-1-2-9-3-4-9/h5-6,8-9,15H,1-4,7H2,(H,16,17). The smallest absolute Gasteiger partial charge is 0.337 e. The first kappa shape index (κ1) is 15.3. The molecule has 0 amide bonds. The van der Waals surface area contributed by atoms with Gasteiger partial charge >= 0.3 is 5.97 Å². The van der Waals surface area contributed by atoms with Gasteiger partial charge in [-0.05, 0) is 37.0 Å². The molecule has 1 aromatic rings. The van der Waals surface area contributed by atoms with E-state index >= 15 is 0 Å². The number of aromatic carboxylic acids is 1. The number of nitrogens with one attached hydrogen (secondary N) is 1. The summed E-state index contributed by atoms with van der Waals surface area (Å²) in [5, 5.41) is 8.96. The average Bonchev–Trinajstić information content (AvgIpc) is 3.18. The van der Waals surface area contributed by atoms with Crippen molar-refractivity contribution in [2.75, 3.05) is 6.54 Å². The van der Waals surface area contributed by atoms with Crippen LogP contribution in [0.15, 0.2) is 23.1 Å². The number of sulfonamides is 1. The van der Waals surface area contributed by atoms with E-state index in [1.807, 2.05) is 0 Å². The lowest BCUT2D eigenvalue weighted by Crippen LogP contribution is -2.25. The van der Waals surface area contributed by atoms with E-state index in [0.717, 1.165) is 24.8 Å². The monoisotopic (exact) mass is 317 g/mol. The molecule has 0 radical (unpaired) electrons. The van der Waals surface area contributed by atoms with Crippen molar-refractivity contribution in [3.63, 3.8) is 0 Å². The van der Waals surface area contributed by atoms with E-state index in [0.29, 0.717) is 6.54 Å². The lowest BCUT2D eigenvalue weighted by molar-refractivity contribution is 0.0697. The number of rotatable bonds is 7. The Morgan fingerprint density at radius 1 is 1.40 bits per heavy atom. The Morgan fingerprint density at radius 3 is 2.70 bits per heavy atom. The normalized spacial score (nSPS) is 15.2. The van der Waals surface area contributed by atoms with Gasteiger partial charge in [0.15, 0.2) is 0 Å². The highest BCUT2D eigenvalue weighted by Crippen LogP contribution is 2.33. The van der Waals surface area contributed by atoms with Gasteiger partial charge < -0.3 is 5.11 Å². The summed E-state index contributed by atoms with van der Waals surface area (Å²) in [7, 11) is -3.68.